The van der Waals surface area contributed by atoms with E-state index >= 15 is 0 Å². The molecule has 0 aromatic heterocycles. The van der Waals surface area contributed by atoms with Crippen molar-refractivity contribution in [2.24, 2.45) is 5.92 Å². The minimum absolute atomic E-state index is 0. The number of phosphoric acid groups is 1. The summed E-state index contributed by atoms with van der Waals surface area (Å²) < 4.78 is 73.0. The number of hydrogen-bond donors (Lipinski definition) is 9. The van der Waals surface area contributed by atoms with Crippen molar-refractivity contribution in [1.82, 2.24) is 0 Å². The number of rotatable bonds is 76. The molecule has 0 aromatic carbocycles. The summed E-state index contributed by atoms with van der Waals surface area (Å²) in [6.07, 6.45) is 23.2. The van der Waals surface area contributed by atoms with Crippen molar-refractivity contribution in [3.05, 3.63) is 0 Å². The van der Waals surface area contributed by atoms with Gasteiger partial charge in [-0.15, -0.1) is 0 Å². The van der Waals surface area contributed by atoms with Gasteiger partial charge in [0.05, 0.1) is 13.2 Å². The standard InChI is InChI=1S/C90H169O25P.Na/c1-6-10-14-18-22-25-28-31-32-35-38-41-44-52-58-64-76(95)112-85-81(100)82(101)86(113-89-83(102)79(98)77(96)71(65-91)110-89)88(87(85)114-90-84(103)80(99)78(97)72(111-90)68-107-74(93)62-56-49-42-39-36-33-29-26-23-19-15-11-7-2)115-116(104,105)108-67-70(109-75(94)63-57-51-43-40-37-34-30-27-24-20-16-12-8-3)66-106-73(92)61-55-50-46-45-48-54-60-69(5)59-53-47-21-17-13-9-4;/h69-72,77-91,96-103H,6-68H2,1-5H3,(H,104,105);/q;+1/p-1/t69-,70-,71-,72-,77-,78-,79+,80+,81+,82+,83+,84+,85-,86-,87-,88+,89-,90-;/m1./s1. The van der Waals surface area contributed by atoms with Crippen LogP contribution in [0.4, 0.5) is 0 Å². The summed E-state index contributed by atoms with van der Waals surface area (Å²) >= 11 is 0. The number of carbonyl (C=O) groups excluding carboxylic acids is 4. The molecule has 19 atom stereocenters. The number of carbonyl (C=O) groups is 4. The van der Waals surface area contributed by atoms with Gasteiger partial charge in [0.2, 0.25) is 0 Å². The Bertz CT molecular complexity index is 2440. The van der Waals surface area contributed by atoms with Crippen molar-refractivity contribution in [3.63, 3.8) is 0 Å². The third-order valence-corrected chi connectivity index (χ3v) is 24.5. The third-order valence-electron chi connectivity index (χ3n) is 23.5. The van der Waals surface area contributed by atoms with Crippen LogP contribution in [0.5, 0.6) is 0 Å². The van der Waals surface area contributed by atoms with Gasteiger partial charge in [0.25, 0.3) is 7.82 Å². The SMILES string of the molecule is CCCCCCCCCCCCCCCCCC(=O)O[C@@H]1[C@@H](O)[C@H](O)[C@@H](O[C@H]2O[C@H](CO)[C@@H](O)[C@H](O)[C@@H]2O)[C@H](OP(=O)([O-])OC[C@@H](COC(=O)CCCCCCCC[C@H](C)CCCCCCCC)OC(=O)CCCCCCCCCCCCCCC)[C@@H]1O[C@H]1O[C@H](COC(=O)CCCCCCCCCCCCCCC)[C@@H](O)[C@H](O)[C@@H]1O.[Na+]. The smallest absolute Gasteiger partial charge is 0.756 e. The van der Waals surface area contributed by atoms with Gasteiger partial charge in [-0.05, 0) is 31.6 Å². The summed E-state index contributed by atoms with van der Waals surface area (Å²) in [5.74, 6) is -2.32. The second-order valence-corrected chi connectivity index (χ2v) is 35.5. The van der Waals surface area contributed by atoms with Gasteiger partial charge < -0.3 is 97.8 Å². The molecule has 0 bridgehead atoms. The predicted molar refractivity (Wildman–Crippen MR) is 447 cm³/mol. The van der Waals surface area contributed by atoms with E-state index < -0.39 is 162 Å². The van der Waals surface area contributed by atoms with E-state index in [0.717, 1.165) is 122 Å². The van der Waals surface area contributed by atoms with Gasteiger partial charge in [-0.25, -0.2) is 0 Å². The molecule has 25 nitrogen and oxygen atoms in total. The summed E-state index contributed by atoms with van der Waals surface area (Å²) in [6.45, 7) is 7.83. The van der Waals surface area contributed by atoms with E-state index in [0.29, 0.717) is 44.4 Å². The largest absolute Gasteiger partial charge is 1.00 e. The summed E-state index contributed by atoms with van der Waals surface area (Å²) in [7, 11) is -6.05. The summed E-state index contributed by atoms with van der Waals surface area (Å²) in [4.78, 5) is 69.2. The van der Waals surface area contributed by atoms with Crippen LogP contribution >= 0.6 is 7.82 Å². The van der Waals surface area contributed by atoms with Gasteiger partial charge in [0.15, 0.2) is 24.8 Å². The second kappa shape index (κ2) is 71.6. The molecule has 0 spiro atoms. The fraction of sp³-hybridized carbons (Fsp3) is 0.956. The molecule has 3 aliphatic rings. The molecule has 9 N–H and O–H groups in total. The first-order valence-electron chi connectivity index (χ1n) is 47.1. The number of phosphoric ester groups is 1. The quantitative estimate of drug-likeness (QED) is 0.00898. The Labute approximate surface area is 728 Å². The van der Waals surface area contributed by atoms with Crippen LogP contribution < -0.4 is 34.5 Å². The molecule has 3 fully saturated rings. The molecule has 1 aliphatic carbocycles. The first kappa shape index (κ1) is 112. The molecule has 0 aromatic rings. The summed E-state index contributed by atoms with van der Waals surface area (Å²) in [6, 6.07) is 0. The fourth-order valence-electron chi connectivity index (χ4n) is 15.9. The molecule has 2 heterocycles. The van der Waals surface area contributed by atoms with Crippen molar-refractivity contribution in [2.75, 3.05) is 26.4 Å². The molecule has 27 heteroatoms. The third kappa shape index (κ3) is 51.6. The molecule has 0 radical (unpaired) electrons. The average Bonchev–Trinajstić information content (AvgIpc) is 0.754. The molecule has 684 valence electrons. The van der Waals surface area contributed by atoms with Gasteiger partial charge in [0, 0.05) is 25.7 Å². The molecule has 1 saturated carbocycles. The van der Waals surface area contributed by atoms with Crippen molar-refractivity contribution in [1.29, 1.82) is 0 Å². The zero-order valence-corrected chi connectivity index (χ0v) is 76.8. The molecular weight excluding hydrogens is 1530 g/mol. The molecule has 3 rings (SSSR count). The number of esters is 4. The molecule has 0 amide bonds. The molecule has 1 unspecified atom stereocenters. The first-order chi connectivity index (χ1) is 56.1. The Morgan fingerprint density at radius 3 is 1.03 bits per heavy atom. The van der Waals surface area contributed by atoms with E-state index in [1.54, 1.807) is 0 Å². The van der Waals surface area contributed by atoms with E-state index in [-0.39, 0.29) is 55.2 Å². The molecular formula is C90H168NaO25P. The maximum Gasteiger partial charge on any atom is 1.00 e. The minimum atomic E-state index is -6.05. The Morgan fingerprint density at radius 1 is 0.350 bits per heavy atom. The number of unbranched alkanes of at least 4 members (excludes halogenated alkanes) is 48. The van der Waals surface area contributed by atoms with Crippen molar-refractivity contribution in [2.45, 2.75) is 518 Å². The van der Waals surface area contributed by atoms with E-state index in [9.17, 15) is 74.6 Å². The van der Waals surface area contributed by atoms with E-state index in [2.05, 4.69) is 34.6 Å². The van der Waals surface area contributed by atoms with Gasteiger partial charge in [0.1, 0.15) is 92.6 Å². The monoisotopic (exact) mass is 1700 g/mol. The zero-order valence-electron chi connectivity index (χ0n) is 73.9. The number of aliphatic hydroxyl groups is 9. The van der Waals surface area contributed by atoms with Crippen LogP contribution in [-0.2, 0) is 70.7 Å². The number of aliphatic hydroxyl groups excluding tert-OH is 9. The van der Waals surface area contributed by atoms with Crippen molar-refractivity contribution < 1.29 is 151 Å². The van der Waals surface area contributed by atoms with E-state index in [1.165, 1.54) is 193 Å². The fourth-order valence-corrected chi connectivity index (χ4v) is 16.9. The van der Waals surface area contributed by atoms with Gasteiger partial charge >= 0.3 is 53.4 Å². The Kier molecular flexibility index (Phi) is 68.3. The van der Waals surface area contributed by atoms with Crippen LogP contribution in [0, 0.1) is 5.92 Å². The van der Waals surface area contributed by atoms with Crippen LogP contribution in [-0.4, -0.2) is 200 Å². The zero-order chi connectivity index (χ0) is 84.8. The van der Waals surface area contributed by atoms with Crippen molar-refractivity contribution in [3.8, 4) is 0 Å². The van der Waals surface area contributed by atoms with Crippen LogP contribution in [0.15, 0.2) is 0 Å². The maximum absolute atomic E-state index is 14.8. The topological polar surface area (TPSA) is 383 Å². The van der Waals surface area contributed by atoms with Crippen LogP contribution in [0.25, 0.3) is 0 Å². The second-order valence-electron chi connectivity index (χ2n) is 34.1. The normalized spacial score (nSPS) is 25.2. The van der Waals surface area contributed by atoms with Gasteiger partial charge in [-0.1, -0.05) is 362 Å². The molecule has 117 heavy (non-hydrogen) atoms. The maximum atomic E-state index is 14.8. The van der Waals surface area contributed by atoms with Crippen LogP contribution in [0.3, 0.4) is 0 Å². The average molecular weight is 1700 g/mol. The van der Waals surface area contributed by atoms with Crippen LogP contribution in [0.1, 0.15) is 413 Å². The first-order valence-corrected chi connectivity index (χ1v) is 48.6. The van der Waals surface area contributed by atoms with E-state index in [4.69, 9.17) is 46.9 Å². The Hall–Kier alpha value is -1.53. The summed E-state index contributed by atoms with van der Waals surface area (Å²) in [5.41, 5.74) is 0. The Morgan fingerprint density at radius 2 is 0.658 bits per heavy atom. The van der Waals surface area contributed by atoms with Gasteiger partial charge in [-0.2, -0.15) is 0 Å². The molecule has 2 saturated heterocycles. The number of ether oxygens (including phenoxy) is 8. The summed E-state index contributed by atoms with van der Waals surface area (Å²) in [5, 5.41) is 102. The van der Waals surface area contributed by atoms with Crippen LogP contribution in [0.2, 0.25) is 0 Å². The Balaban J connectivity index is 0.0000464. The minimum Gasteiger partial charge on any atom is -0.756 e. The van der Waals surface area contributed by atoms with Crippen molar-refractivity contribution >= 4 is 31.7 Å². The number of hydrogen-bond acceptors (Lipinski definition) is 25. The van der Waals surface area contributed by atoms with Gasteiger partial charge in [-0.3, -0.25) is 23.7 Å². The van der Waals surface area contributed by atoms with E-state index in [1.807, 2.05) is 0 Å². The predicted octanol–water partition coefficient (Wildman–Crippen LogP) is 13.6. The molecule has 2 aliphatic heterocycles.